The molecule has 1 aliphatic carbocycles. The summed E-state index contributed by atoms with van der Waals surface area (Å²) >= 11 is 0. The van der Waals surface area contributed by atoms with Gasteiger partial charge in [0.2, 0.25) is 5.91 Å². The van der Waals surface area contributed by atoms with Gasteiger partial charge in [-0.05, 0) is 28.7 Å². The average Bonchev–Trinajstić information content (AvgIpc) is 3.06. The van der Waals surface area contributed by atoms with Crippen LogP contribution in [0.25, 0.3) is 11.1 Å². The number of benzene rings is 2. The number of amides is 2. The van der Waals surface area contributed by atoms with Crippen LogP contribution in [0.4, 0.5) is 4.79 Å². The Morgan fingerprint density at radius 3 is 2.23 bits per heavy atom. The first-order chi connectivity index (χ1) is 14.6. The summed E-state index contributed by atoms with van der Waals surface area (Å²) in [5, 5.41) is 13.7. The van der Waals surface area contributed by atoms with Gasteiger partial charge in [0.15, 0.2) is 0 Å². The van der Waals surface area contributed by atoms with E-state index in [4.69, 9.17) is 9.84 Å². The standard InChI is InChI=1S/C23H24N2O5/c26-21(24-13-6-12-22(27)28)11-5-14-25-23(29)30-15-20-18-9-3-1-7-16(18)17-8-2-4-10-19(17)20/h1-5,7-11,20H,6,12-15H2,(H,24,26)(H,25,29)(H,27,28)/b11-5+. The largest absolute Gasteiger partial charge is 0.481 e. The zero-order valence-corrected chi connectivity index (χ0v) is 16.5. The zero-order valence-electron chi connectivity index (χ0n) is 16.5. The molecule has 30 heavy (non-hydrogen) atoms. The number of carboxylic acids is 1. The number of hydrogen-bond acceptors (Lipinski definition) is 4. The van der Waals surface area contributed by atoms with Crippen LogP contribution in [-0.4, -0.2) is 42.8 Å². The van der Waals surface area contributed by atoms with Crippen LogP contribution in [0, 0.1) is 0 Å². The highest BCUT2D eigenvalue weighted by Gasteiger charge is 2.28. The highest BCUT2D eigenvalue weighted by molar-refractivity contribution is 5.87. The van der Waals surface area contributed by atoms with E-state index in [1.807, 2.05) is 24.3 Å². The van der Waals surface area contributed by atoms with Crippen LogP contribution < -0.4 is 10.6 Å². The minimum Gasteiger partial charge on any atom is -0.481 e. The lowest BCUT2D eigenvalue weighted by molar-refractivity contribution is -0.137. The molecule has 0 saturated heterocycles. The first kappa shape index (κ1) is 21.1. The van der Waals surface area contributed by atoms with Crippen LogP contribution in [0.3, 0.4) is 0 Å². The van der Waals surface area contributed by atoms with E-state index in [1.165, 1.54) is 23.3 Å². The smallest absolute Gasteiger partial charge is 0.407 e. The molecule has 0 aliphatic heterocycles. The topological polar surface area (TPSA) is 105 Å². The first-order valence-corrected chi connectivity index (χ1v) is 9.81. The van der Waals surface area contributed by atoms with E-state index in [0.29, 0.717) is 6.42 Å². The van der Waals surface area contributed by atoms with Crippen LogP contribution in [0.2, 0.25) is 0 Å². The van der Waals surface area contributed by atoms with Crippen molar-refractivity contribution < 1.29 is 24.2 Å². The van der Waals surface area contributed by atoms with E-state index in [0.717, 1.165) is 11.1 Å². The van der Waals surface area contributed by atoms with Gasteiger partial charge >= 0.3 is 12.1 Å². The van der Waals surface area contributed by atoms with Crippen LogP contribution in [0.1, 0.15) is 29.9 Å². The van der Waals surface area contributed by atoms with Gasteiger partial charge in [0.1, 0.15) is 6.61 Å². The van der Waals surface area contributed by atoms with E-state index in [-0.39, 0.29) is 37.9 Å². The minimum absolute atomic E-state index is 0.00438. The highest BCUT2D eigenvalue weighted by Crippen LogP contribution is 2.44. The fourth-order valence-electron chi connectivity index (χ4n) is 3.47. The molecular formula is C23H24N2O5. The number of carbonyl (C=O) groups excluding carboxylic acids is 2. The molecule has 0 bridgehead atoms. The number of hydrogen-bond donors (Lipinski definition) is 3. The average molecular weight is 408 g/mol. The maximum absolute atomic E-state index is 12.0. The molecule has 3 rings (SSSR count). The highest BCUT2D eigenvalue weighted by atomic mass is 16.5. The predicted octanol–water partition coefficient (Wildman–Crippen LogP) is 3.06. The van der Waals surface area contributed by atoms with E-state index in [2.05, 4.69) is 34.9 Å². The molecular weight excluding hydrogens is 384 g/mol. The normalized spacial score (nSPS) is 12.3. The molecule has 1 aliphatic rings. The van der Waals surface area contributed by atoms with Crippen LogP contribution in [0.5, 0.6) is 0 Å². The summed E-state index contributed by atoms with van der Waals surface area (Å²) in [4.78, 5) is 34.0. The fourth-order valence-corrected chi connectivity index (χ4v) is 3.47. The monoisotopic (exact) mass is 408 g/mol. The summed E-state index contributed by atoms with van der Waals surface area (Å²) < 4.78 is 5.41. The molecule has 0 saturated carbocycles. The number of fused-ring (bicyclic) bond motifs is 3. The molecule has 2 aromatic rings. The third kappa shape index (κ3) is 5.47. The van der Waals surface area contributed by atoms with Gasteiger partial charge in [-0.2, -0.15) is 0 Å². The van der Waals surface area contributed by atoms with Crippen molar-refractivity contribution in [3.8, 4) is 11.1 Å². The Morgan fingerprint density at radius 1 is 0.967 bits per heavy atom. The van der Waals surface area contributed by atoms with Gasteiger partial charge in [-0.1, -0.05) is 54.6 Å². The Hall–Kier alpha value is -3.61. The maximum atomic E-state index is 12.0. The maximum Gasteiger partial charge on any atom is 0.407 e. The van der Waals surface area contributed by atoms with Crippen LogP contribution in [-0.2, 0) is 14.3 Å². The molecule has 7 heteroatoms. The molecule has 3 N–H and O–H groups in total. The summed E-state index contributed by atoms with van der Waals surface area (Å²) in [6.07, 6.45) is 2.63. The Labute approximate surface area is 174 Å². The number of rotatable bonds is 9. The lowest BCUT2D eigenvalue weighted by Crippen LogP contribution is -2.27. The van der Waals surface area contributed by atoms with Gasteiger partial charge in [0, 0.05) is 31.5 Å². The number of ether oxygens (including phenoxy) is 1. The van der Waals surface area contributed by atoms with Crippen molar-refractivity contribution in [2.45, 2.75) is 18.8 Å². The summed E-state index contributed by atoms with van der Waals surface area (Å²) in [6, 6.07) is 16.2. The van der Waals surface area contributed by atoms with Gasteiger partial charge in [-0.15, -0.1) is 0 Å². The van der Waals surface area contributed by atoms with E-state index in [9.17, 15) is 14.4 Å². The Balaban J connectivity index is 1.42. The molecule has 7 nitrogen and oxygen atoms in total. The Morgan fingerprint density at radius 2 is 1.60 bits per heavy atom. The van der Waals surface area contributed by atoms with Crippen molar-refractivity contribution >= 4 is 18.0 Å². The third-order valence-corrected chi connectivity index (χ3v) is 4.84. The second-order valence-electron chi connectivity index (χ2n) is 6.90. The molecule has 156 valence electrons. The molecule has 0 fully saturated rings. The lowest BCUT2D eigenvalue weighted by Gasteiger charge is -2.14. The van der Waals surface area contributed by atoms with E-state index >= 15 is 0 Å². The van der Waals surface area contributed by atoms with Crippen LogP contribution in [0.15, 0.2) is 60.7 Å². The molecule has 0 radical (unpaired) electrons. The van der Waals surface area contributed by atoms with E-state index in [1.54, 1.807) is 0 Å². The van der Waals surface area contributed by atoms with Crippen molar-refractivity contribution in [3.63, 3.8) is 0 Å². The third-order valence-electron chi connectivity index (χ3n) is 4.84. The fraction of sp³-hybridized carbons (Fsp3) is 0.261. The van der Waals surface area contributed by atoms with Crippen molar-refractivity contribution in [1.29, 1.82) is 0 Å². The molecule has 0 unspecified atom stereocenters. The van der Waals surface area contributed by atoms with Crippen LogP contribution >= 0.6 is 0 Å². The molecule has 0 spiro atoms. The van der Waals surface area contributed by atoms with Gasteiger partial charge in [0.25, 0.3) is 0 Å². The summed E-state index contributed by atoms with van der Waals surface area (Å²) in [7, 11) is 0. The van der Waals surface area contributed by atoms with Crippen molar-refractivity contribution in [1.82, 2.24) is 10.6 Å². The van der Waals surface area contributed by atoms with E-state index < -0.39 is 12.1 Å². The second-order valence-corrected chi connectivity index (χ2v) is 6.90. The van der Waals surface area contributed by atoms with Gasteiger partial charge in [-0.25, -0.2) is 4.79 Å². The number of alkyl carbamates (subject to hydrolysis) is 1. The first-order valence-electron chi connectivity index (χ1n) is 9.81. The van der Waals surface area contributed by atoms with Gasteiger partial charge in [0.05, 0.1) is 0 Å². The predicted molar refractivity (Wildman–Crippen MR) is 112 cm³/mol. The Bertz CT molecular complexity index is 909. The summed E-state index contributed by atoms with van der Waals surface area (Å²) in [5.41, 5.74) is 4.62. The number of carboxylic acid groups (broad SMARTS) is 1. The molecule has 0 aromatic heterocycles. The van der Waals surface area contributed by atoms with Gasteiger partial charge < -0.3 is 20.5 Å². The zero-order chi connectivity index (χ0) is 21.3. The molecule has 0 atom stereocenters. The SMILES string of the molecule is O=C(O)CCCNC(=O)/C=C/CNC(=O)OCC1c2ccccc2-c2ccccc21. The molecule has 0 heterocycles. The lowest BCUT2D eigenvalue weighted by atomic mass is 9.98. The van der Waals surface area contributed by atoms with Crippen molar-refractivity contribution in [2.24, 2.45) is 0 Å². The van der Waals surface area contributed by atoms with Crippen molar-refractivity contribution in [3.05, 3.63) is 71.8 Å². The quantitative estimate of drug-likeness (QED) is 0.437. The Kier molecular flexibility index (Phi) is 7.21. The van der Waals surface area contributed by atoms with Gasteiger partial charge in [-0.3, -0.25) is 9.59 Å². The number of nitrogens with one attached hydrogen (secondary N) is 2. The summed E-state index contributed by atoms with van der Waals surface area (Å²) in [5.74, 6) is -1.24. The summed E-state index contributed by atoms with van der Waals surface area (Å²) in [6.45, 7) is 0.669. The second kappa shape index (κ2) is 10.2. The number of aliphatic carboxylic acids is 1. The minimum atomic E-state index is -0.896. The molecule has 2 amide bonds. The number of carbonyl (C=O) groups is 3. The van der Waals surface area contributed by atoms with Crippen molar-refractivity contribution in [2.75, 3.05) is 19.7 Å². The molecule has 2 aromatic carbocycles.